The van der Waals surface area contributed by atoms with Crippen LogP contribution in [0.5, 0.6) is 5.75 Å². The molecular weight excluding hydrogens is 418 g/mol. The summed E-state index contributed by atoms with van der Waals surface area (Å²) in [6.45, 7) is 1.71. The van der Waals surface area contributed by atoms with Gasteiger partial charge < -0.3 is 9.84 Å². The molecule has 4 rings (SSSR count). The smallest absolute Gasteiger partial charge is 0.300 e. The highest BCUT2D eigenvalue weighted by molar-refractivity contribution is 6.51. The van der Waals surface area contributed by atoms with Crippen LogP contribution < -0.4 is 9.64 Å². The van der Waals surface area contributed by atoms with Gasteiger partial charge in [-0.15, -0.1) is 0 Å². The van der Waals surface area contributed by atoms with Crippen molar-refractivity contribution in [1.82, 2.24) is 4.98 Å². The summed E-state index contributed by atoms with van der Waals surface area (Å²) < 4.78 is 33.3. The van der Waals surface area contributed by atoms with Crippen LogP contribution in [0.2, 0.25) is 0 Å². The third-order valence-electron chi connectivity index (χ3n) is 5.27. The summed E-state index contributed by atoms with van der Waals surface area (Å²) >= 11 is 0. The number of pyridine rings is 1. The molecule has 0 bridgehead atoms. The van der Waals surface area contributed by atoms with E-state index in [4.69, 9.17) is 4.74 Å². The quantitative estimate of drug-likeness (QED) is 0.375. The monoisotopic (exact) mass is 436 g/mol. The molecule has 1 unspecified atom stereocenters. The van der Waals surface area contributed by atoms with Gasteiger partial charge in [-0.2, -0.15) is 0 Å². The molecule has 1 aliphatic rings. The van der Waals surface area contributed by atoms with Gasteiger partial charge in [-0.05, 0) is 55.0 Å². The number of aryl methyl sites for hydroxylation is 1. The standard InChI is InChI=1S/C24H18F2N2O4/c1-13-11-15(32-2)7-8-16(13)22(29)20-21(18-5-3-4-10-27-18)28(24(31)23(20)30)19-9-6-14(25)12-17(19)26/h3-12,21,29H,1-2H3/b22-20+. The number of amides is 1. The first-order valence-electron chi connectivity index (χ1n) is 9.65. The van der Waals surface area contributed by atoms with Gasteiger partial charge >= 0.3 is 0 Å². The molecule has 3 aromatic rings. The summed E-state index contributed by atoms with van der Waals surface area (Å²) in [5.41, 5.74) is 0.605. The molecule has 6 nitrogen and oxygen atoms in total. The number of aliphatic hydroxyl groups excluding tert-OH is 1. The third kappa shape index (κ3) is 3.49. The van der Waals surface area contributed by atoms with E-state index in [1.807, 2.05) is 0 Å². The molecule has 1 atom stereocenters. The first kappa shape index (κ1) is 21.2. The van der Waals surface area contributed by atoms with Crippen molar-refractivity contribution in [3.05, 3.63) is 94.8 Å². The van der Waals surface area contributed by atoms with Crippen LogP contribution in [0.15, 0.2) is 66.4 Å². The van der Waals surface area contributed by atoms with Crippen LogP contribution in [-0.2, 0) is 9.59 Å². The third-order valence-corrected chi connectivity index (χ3v) is 5.27. The van der Waals surface area contributed by atoms with Gasteiger partial charge in [0.25, 0.3) is 11.7 Å². The van der Waals surface area contributed by atoms with Crippen molar-refractivity contribution in [3.63, 3.8) is 0 Å². The molecule has 0 aliphatic carbocycles. The van der Waals surface area contributed by atoms with Crippen LogP contribution in [0.4, 0.5) is 14.5 Å². The van der Waals surface area contributed by atoms with E-state index >= 15 is 0 Å². The van der Waals surface area contributed by atoms with Gasteiger partial charge in [0.1, 0.15) is 29.2 Å². The molecule has 1 saturated heterocycles. The minimum atomic E-state index is -1.21. The Morgan fingerprint density at radius 1 is 1.09 bits per heavy atom. The number of methoxy groups -OCH3 is 1. The lowest BCUT2D eigenvalue weighted by atomic mass is 9.96. The zero-order chi connectivity index (χ0) is 23.0. The lowest BCUT2D eigenvalue weighted by Crippen LogP contribution is -2.30. The van der Waals surface area contributed by atoms with Crippen LogP contribution in [0, 0.1) is 18.6 Å². The Hall–Kier alpha value is -4.07. The van der Waals surface area contributed by atoms with Crippen molar-refractivity contribution in [3.8, 4) is 5.75 Å². The normalized spacial score (nSPS) is 17.6. The summed E-state index contributed by atoms with van der Waals surface area (Å²) in [6, 6.07) is 11.1. The van der Waals surface area contributed by atoms with E-state index < -0.39 is 35.1 Å². The second kappa shape index (κ2) is 8.22. The Kier molecular flexibility index (Phi) is 5.44. The number of Topliss-reactive ketones (excluding diaryl/α,β-unsaturated/α-hetero) is 1. The fourth-order valence-corrected chi connectivity index (χ4v) is 3.75. The van der Waals surface area contributed by atoms with Gasteiger partial charge in [0.05, 0.1) is 24.1 Å². The van der Waals surface area contributed by atoms with Gasteiger partial charge in [-0.1, -0.05) is 6.07 Å². The molecule has 1 aromatic heterocycles. The van der Waals surface area contributed by atoms with Gasteiger partial charge in [-0.25, -0.2) is 8.78 Å². The summed E-state index contributed by atoms with van der Waals surface area (Å²) in [4.78, 5) is 31.1. The molecule has 8 heteroatoms. The van der Waals surface area contributed by atoms with E-state index in [2.05, 4.69) is 4.98 Å². The van der Waals surface area contributed by atoms with Crippen molar-refractivity contribution in [2.24, 2.45) is 0 Å². The molecule has 1 N–H and O–H groups in total. The van der Waals surface area contributed by atoms with Crippen LogP contribution in [0.25, 0.3) is 5.76 Å². The Bertz CT molecular complexity index is 1260. The van der Waals surface area contributed by atoms with Crippen molar-refractivity contribution >= 4 is 23.1 Å². The minimum Gasteiger partial charge on any atom is -0.507 e. The summed E-state index contributed by atoms with van der Waals surface area (Å²) in [5.74, 6) is -3.78. The maximum absolute atomic E-state index is 14.6. The molecular formula is C24H18F2N2O4. The Balaban J connectivity index is 1.96. The molecule has 32 heavy (non-hydrogen) atoms. The number of hydrogen-bond donors (Lipinski definition) is 1. The predicted octanol–water partition coefficient (Wildman–Crippen LogP) is 4.30. The van der Waals surface area contributed by atoms with Gasteiger partial charge in [-0.3, -0.25) is 19.5 Å². The van der Waals surface area contributed by atoms with Crippen LogP contribution in [-0.4, -0.2) is 28.9 Å². The SMILES string of the molecule is COc1ccc(/C(O)=C2\C(=O)C(=O)N(c3ccc(F)cc3F)C2c2ccccn2)c(C)c1. The number of rotatable bonds is 4. The summed E-state index contributed by atoms with van der Waals surface area (Å²) in [7, 11) is 1.50. The maximum Gasteiger partial charge on any atom is 0.300 e. The number of carbonyl (C=O) groups is 2. The maximum atomic E-state index is 14.6. The zero-order valence-electron chi connectivity index (χ0n) is 17.2. The molecule has 0 radical (unpaired) electrons. The van der Waals surface area contributed by atoms with Crippen LogP contribution >= 0.6 is 0 Å². The number of hydrogen-bond acceptors (Lipinski definition) is 5. The largest absolute Gasteiger partial charge is 0.507 e. The average Bonchev–Trinajstić information content (AvgIpc) is 3.04. The second-order valence-electron chi connectivity index (χ2n) is 7.20. The number of anilines is 1. The number of halogens is 2. The fraction of sp³-hybridized carbons (Fsp3) is 0.125. The van der Waals surface area contributed by atoms with Gasteiger partial charge in [0.2, 0.25) is 0 Å². The van der Waals surface area contributed by atoms with Gasteiger partial charge in [0, 0.05) is 17.8 Å². The van der Waals surface area contributed by atoms with E-state index in [0.717, 1.165) is 17.0 Å². The topological polar surface area (TPSA) is 79.7 Å². The van der Waals surface area contributed by atoms with E-state index in [1.165, 1.54) is 13.3 Å². The number of ether oxygens (including phenoxy) is 1. The first-order valence-corrected chi connectivity index (χ1v) is 9.65. The minimum absolute atomic E-state index is 0.239. The van der Waals surface area contributed by atoms with Crippen molar-refractivity contribution < 1.29 is 28.2 Å². The molecule has 162 valence electrons. The molecule has 0 saturated carbocycles. The zero-order valence-corrected chi connectivity index (χ0v) is 17.2. The number of nitrogens with zero attached hydrogens (tertiary/aromatic N) is 2. The molecule has 0 spiro atoms. The van der Waals surface area contributed by atoms with Crippen molar-refractivity contribution in [1.29, 1.82) is 0 Å². The van der Waals surface area contributed by atoms with E-state index in [0.29, 0.717) is 22.9 Å². The van der Waals surface area contributed by atoms with Crippen LogP contribution in [0.1, 0.15) is 22.9 Å². The Labute approximate surface area is 182 Å². The highest BCUT2D eigenvalue weighted by Gasteiger charge is 2.48. The van der Waals surface area contributed by atoms with E-state index in [1.54, 1.807) is 43.3 Å². The molecule has 1 aliphatic heterocycles. The summed E-state index contributed by atoms with van der Waals surface area (Å²) in [6.07, 6.45) is 1.45. The first-order chi connectivity index (χ1) is 15.3. The summed E-state index contributed by atoms with van der Waals surface area (Å²) in [5, 5.41) is 11.1. The highest BCUT2D eigenvalue weighted by atomic mass is 19.1. The molecule has 1 amide bonds. The number of carbonyl (C=O) groups excluding carboxylic acids is 2. The lowest BCUT2D eigenvalue weighted by Gasteiger charge is -2.25. The number of aromatic nitrogens is 1. The number of benzene rings is 2. The fourth-order valence-electron chi connectivity index (χ4n) is 3.75. The molecule has 2 heterocycles. The van der Waals surface area contributed by atoms with Crippen molar-refractivity contribution in [2.75, 3.05) is 12.0 Å². The lowest BCUT2D eigenvalue weighted by molar-refractivity contribution is -0.132. The Morgan fingerprint density at radius 3 is 2.50 bits per heavy atom. The predicted molar refractivity (Wildman–Crippen MR) is 113 cm³/mol. The molecule has 1 fully saturated rings. The van der Waals surface area contributed by atoms with Crippen LogP contribution in [0.3, 0.4) is 0 Å². The number of aliphatic hydroxyl groups is 1. The highest BCUT2D eigenvalue weighted by Crippen LogP contribution is 2.42. The van der Waals surface area contributed by atoms with Gasteiger partial charge in [0.15, 0.2) is 0 Å². The number of ketones is 1. The van der Waals surface area contributed by atoms with Crippen molar-refractivity contribution in [2.45, 2.75) is 13.0 Å². The van der Waals surface area contributed by atoms with E-state index in [9.17, 15) is 23.5 Å². The van der Waals surface area contributed by atoms with E-state index in [-0.39, 0.29) is 17.0 Å². The average molecular weight is 436 g/mol. The molecule has 2 aromatic carbocycles. The second-order valence-corrected chi connectivity index (χ2v) is 7.20. The Morgan fingerprint density at radius 2 is 1.88 bits per heavy atom.